The van der Waals surface area contributed by atoms with E-state index in [2.05, 4.69) is 21.7 Å². The van der Waals surface area contributed by atoms with Crippen molar-refractivity contribution in [2.75, 3.05) is 5.32 Å². The van der Waals surface area contributed by atoms with Crippen LogP contribution in [0.4, 0.5) is 5.69 Å². The molecule has 1 aliphatic carbocycles. The Morgan fingerprint density at radius 2 is 2.08 bits per heavy atom. The average Bonchev–Trinajstić information content (AvgIpc) is 2.66. The first-order chi connectivity index (χ1) is 12.2. The fraction of sp³-hybridized carbons (Fsp3) is 0.400. The van der Waals surface area contributed by atoms with Crippen LogP contribution in [0, 0.1) is 11.8 Å². The molecule has 1 atom stereocenters. The van der Waals surface area contributed by atoms with Gasteiger partial charge >= 0.3 is 0 Å². The summed E-state index contributed by atoms with van der Waals surface area (Å²) < 4.78 is 0. The summed E-state index contributed by atoms with van der Waals surface area (Å²) in [6.45, 7) is 3.79. The van der Waals surface area contributed by atoms with Crippen molar-refractivity contribution in [3.8, 4) is 0 Å². The average molecular weight is 358 g/mol. The minimum atomic E-state index is 0.0578. The number of nitrogens with one attached hydrogen (secondary N) is 2. The summed E-state index contributed by atoms with van der Waals surface area (Å²) in [4.78, 5) is 19.8. The number of rotatable bonds is 6. The Balaban J connectivity index is 1.57. The molecule has 1 aliphatic rings. The van der Waals surface area contributed by atoms with Crippen molar-refractivity contribution >= 4 is 34.3 Å². The van der Waals surface area contributed by atoms with Crippen LogP contribution in [0.3, 0.4) is 0 Å². The lowest BCUT2D eigenvalue weighted by atomic mass is 9.77. The number of hydrogen-bond donors (Lipinski definition) is 2. The summed E-state index contributed by atoms with van der Waals surface area (Å²) in [6.07, 6.45) is 8.27. The molecule has 4 nitrogen and oxygen atoms in total. The van der Waals surface area contributed by atoms with E-state index in [1.165, 1.54) is 0 Å². The third-order valence-corrected chi connectivity index (χ3v) is 5.41. The Morgan fingerprint density at radius 3 is 2.80 bits per heavy atom. The van der Waals surface area contributed by atoms with Gasteiger partial charge in [-0.1, -0.05) is 24.3 Å². The highest BCUT2D eigenvalue weighted by Gasteiger charge is 2.30. The molecule has 3 rings (SSSR count). The third-order valence-electron chi connectivity index (χ3n) is 5.13. The van der Waals surface area contributed by atoms with E-state index in [1.54, 1.807) is 6.20 Å². The number of anilines is 1. The lowest BCUT2D eigenvalue weighted by Gasteiger charge is -2.32. The fourth-order valence-electron chi connectivity index (χ4n) is 3.67. The molecule has 0 bridgehead atoms. The quantitative estimate of drug-likeness (QED) is 0.583. The molecule has 1 amide bonds. The number of para-hydroxylation sites is 1. The first-order valence-corrected chi connectivity index (χ1v) is 9.21. The molecular weight excluding hydrogens is 334 g/mol. The van der Waals surface area contributed by atoms with Crippen molar-refractivity contribution in [3.05, 3.63) is 49.2 Å². The molecule has 0 radical (unpaired) electrons. The molecule has 2 aromatic rings. The Kier molecular flexibility index (Phi) is 6.05. The fourth-order valence-corrected chi connectivity index (χ4v) is 3.94. The van der Waals surface area contributed by atoms with Gasteiger partial charge in [0.05, 0.1) is 17.4 Å². The third kappa shape index (κ3) is 4.39. The highest BCUT2D eigenvalue weighted by atomic mass is 35.5. The zero-order valence-corrected chi connectivity index (χ0v) is 15.0. The van der Waals surface area contributed by atoms with Crippen LogP contribution in [-0.4, -0.2) is 16.9 Å². The molecule has 5 heteroatoms. The molecule has 0 aliphatic heterocycles. The smallest absolute Gasteiger partial charge is 0.227 e. The molecule has 25 heavy (non-hydrogen) atoms. The van der Waals surface area contributed by atoms with Crippen LogP contribution >= 0.6 is 11.8 Å². The number of aromatic nitrogens is 1. The molecule has 1 unspecified atom stereocenters. The summed E-state index contributed by atoms with van der Waals surface area (Å²) in [5.41, 5.74) is 1.70. The topological polar surface area (TPSA) is 54.0 Å². The SMILES string of the molecule is C=CCC(NCl)C1CCC(C(=O)Nc2cnc3ccccc3c2)CC1. The van der Waals surface area contributed by atoms with Gasteiger partial charge in [-0.15, -0.1) is 6.58 Å². The summed E-state index contributed by atoms with van der Waals surface area (Å²) in [5.74, 6) is 0.652. The highest BCUT2D eigenvalue weighted by molar-refractivity contribution is 6.13. The minimum Gasteiger partial charge on any atom is -0.324 e. The molecule has 1 aromatic carbocycles. The number of benzene rings is 1. The van der Waals surface area contributed by atoms with Crippen LogP contribution in [0.15, 0.2) is 49.2 Å². The second-order valence-electron chi connectivity index (χ2n) is 6.76. The molecule has 0 saturated heterocycles. The van der Waals surface area contributed by atoms with Crippen molar-refractivity contribution < 1.29 is 4.79 Å². The summed E-state index contributed by atoms with van der Waals surface area (Å²) in [7, 11) is 0. The zero-order valence-electron chi connectivity index (χ0n) is 14.2. The summed E-state index contributed by atoms with van der Waals surface area (Å²) in [6, 6.07) is 10.1. The van der Waals surface area contributed by atoms with E-state index in [1.807, 2.05) is 36.4 Å². The van der Waals surface area contributed by atoms with Crippen LogP contribution in [0.1, 0.15) is 32.1 Å². The highest BCUT2D eigenvalue weighted by Crippen LogP contribution is 2.33. The van der Waals surface area contributed by atoms with Gasteiger partial charge in [0.25, 0.3) is 0 Å². The van der Waals surface area contributed by atoms with Gasteiger partial charge in [-0.25, -0.2) is 4.84 Å². The Bertz CT molecular complexity index is 741. The lowest BCUT2D eigenvalue weighted by Crippen LogP contribution is -2.35. The molecule has 1 aromatic heterocycles. The second-order valence-corrected chi connectivity index (χ2v) is 6.98. The van der Waals surface area contributed by atoms with Crippen LogP contribution in [0.5, 0.6) is 0 Å². The van der Waals surface area contributed by atoms with E-state index in [9.17, 15) is 4.79 Å². The summed E-state index contributed by atoms with van der Waals surface area (Å²) in [5, 5.41) is 4.06. The predicted molar refractivity (Wildman–Crippen MR) is 103 cm³/mol. The van der Waals surface area contributed by atoms with Gasteiger partial charge in [0.1, 0.15) is 0 Å². The standard InChI is InChI=1S/C20H24ClN3O/c1-2-5-19(24-21)14-8-10-15(11-9-14)20(25)23-17-12-16-6-3-4-7-18(16)22-13-17/h2-4,6-7,12-15,19,24H,1,5,8-11H2,(H,23,25). The number of fused-ring (bicyclic) bond motifs is 1. The van der Waals surface area contributed by atoms with E-state index in [4.69, 9.17) is 11.8 Å². The monoisotopic (exact) mass is 357 g/mol. The van der Waals surface area contributed by atoms with Crippen LogP contribution in [0.2, 0.25) is 0 Å². The second kappa shape index (κ2) is 8.45. The first-order valence-electron chi connectivity index (χ1n) is 8.84. The summed E-state index contributed by atoms with van der Waals surface area (Å²) >= 11 is 5.85. The van der Waals surface area contributed by atoms with Gasteiger partial charge in [-0.05, 0) is 61.9 Å². The predicted octanol–water partition coefficient (Wildman–Crippen LogP) is 4.67. The number of hydrogen-bond acceptors (Lipinski definition) is 3. The number of nitrogens with zero attached hydrogens (tertiary/aromatic N) is 1. The van der Waals surface area contributed by atoms with Gasteiger partial charge < -0.3 is 5.32 Å². The largest absolute Gasteiger partial charge is 0.324 e. The van der Waals surface area contributed by atoms with E-state index in [0.29, 0.717) is 5.92 Å². The van der Waals surface area contributed by atoms with Crippen molar-refractivity contribution in [3.63, 3.8) is 0 Å². The Morgan fingerprint density at radius 1 is 1.32 bits per heavy atom. The zero-order chi connectivity index (χ0) is 17.6. The lowest BCUT2D eigenvalue weighted by molar-refractivity contribution is -0.121. The Labute approximate surface area is 153 Å². The number of carbonyl (C=O) groups excluding carboxylic acids is 1. The molecule has 2 N–H and O–H groups in total. The van der Waals surface area contributed by atoms with E-state index in [-0.39, 0.29) is 17.9 Å². The van der Waals surface area contributed by atoms with E-state index in [0.717, 1.165) is 48.7 Å². The van der Waals surface area contributed by atoms with Gasteiger partial charge in [0, 0.05) is 17.3 Å². The van der Waals surface area contributed by atoms with Gasteiger partial charge in [-0.2, -0.15) is 0 Å². The molecule has 1 saturated carbocycles. The minimum absolute atomic E-state index is 0.0578. The van der Waals surface area contributed by atoms with Gasteiger partial charge in [0.15, 0.2) is 0 Å². The van der Waals surface area contributed by atoms with Crippen molar-refractivity contribution in [2.45, 2.75) is 38.1 Å². The molecule has 1 fully saturated rings. The maximum Gasteiger partial charge on any atom is 0.227 e. The van der Waals surface area contributed by atoms with Gasteiger partial charge in [0.2, 0.25) is 5.91 Å². The molecular formula is C20H24ClN3O. The van der Waals surface area contributed by atoms with E-state index < -0.39 is 0 Å². The van der Waals surface area contributed by atoms with Crippen LogP contribution in [-0.2, 0) is 4.79 Å². The number of amides is 1. The normalized spacial score (nSPS) is 21.6. The van der Waals surface area contributed by atoms with Crippen molar-refractivity contribution in [1.29, 1.82) is 0 Å². The Hall–Kier alpha value is -1.91. The molecule has 0 spiro atoms. The number of halogens is 1. The van der Waals surface area contributed by atoms with Crippen molar-refractivity contribution in [1.82, 2.24) is 9.82 Å². The first kappa shape index (κ1) is 17.9. The molecule has 1 heterocycles. The maximum absolute atomic E-state index is 12.6. The van der Waals surface area contributed by atoms with Crippen LogP contribution in [0.25, 0.3) is 10.9 Å². The number of carbonyl (C=O) groups is 1. The van der Waals surface area contributed by atoms with Crippen LogP contribution < -0.4 is 10.2 Å². The molecule has 132 valence electrons. The maximum atomic E-state index is 12.6. The van der Waals surface area contributed by atoms with E-state index >= 15 is 0 Å². The van der Waals surface area contributed by atoms with Gasteiger partial charge in [-0.3, -0.25) is 9.78 Å². The number of pyridine rings is 1. The van der Waals surface area contributed by atoms with Crippen molar-refractivity contribution in [2.24, 2.45) is 11.8 Å².